The molecule has 6 aromatic heterocycles. The van der Waals surface area contributed by atoms with Crippen molar-refractivity contribution in [3.63, 3.8) is 0 Å². The Hall–Kier alpha value is -15.3. The number of ether oxygens (including phenoxy) is 3. The van der Waals surface area contributed by atoms with Crippen LogP contribution in [0.1, 0.15) is 75.1 Å². The number of hydrogen-bond acceptors (Lipinski definition) is 6. The van der Waals surface area contributed by atoms with Crippen molar-refractivity contribution in [3.05, 3.63) is 421 Å². The van der Waals surface area contributed by atoms with Crippen molar-refractivity contribution < 1.29 is 14.2 Å². The molecule has 0 fully saturated rings. The number of benzene rings is 16. The summed E-state index contributed by atoms with van der Waals surface area (Å²) in [7, 11) is 0. The van der Waals surface area contributed by atoms with Crippen LogP contribution in [0.3, 0.4) is 0 Å². The molecule has 0 bridgehead atoms. The molecule has 26 rings (SSSR count). The first kappa shape index (κ1) is 71.5. The van der Waals surface area contributed by atoms with E-state index in [1.807, 2.05) is 36.4 Å². The molecular formula is C107H81N9O3. The fourth-order valence-corrected chi connectivity index (χ4v) is 19.3. The Kier molecular flexibility index (Phi) is 16.3. The quantitative estimate of drug-likeness (QED) is 0.170. The van der Waals surface area contributed by atoms with E-state index in [1.165, 1.54) is 76.5 Å². The van der Waals surface area contributed by atoms with E-state index in [1.54, 1.807) is 0 Å². The maximum Gasteiger partial charge on any atom is 0.303 e. The van der Waals surface area contributed by atoms with Crippen LogP contribution in [0.4, 0.5) is 0 Å². The monoisotopic (exact) mass is 1540 g/mol. The summed E-state index contributed by atoms with van der Waals surface area (Å²) < 4.78 is 34.4. The minimum atomic E-state index is -0.913. The standard InChI is InChI=1S/C38H23N3O.C38H25N3O.C28H21N3O.3CH4/c1-5-15-29-25(11-1)26-12-2-6-16-30(26)38(29)31-23-24(40-33-18-8-3-13-27(33)28-14-4-9-19-34(28)40)21-22-35(31)41-36-20-10-7-17-32(36)39-37(41)42-38;1-3-13-26(14-4-1)38(27-15-5-2-6-16-27)31-25-28(40-33-20-10-7-17-29(33)30-18-8-11-21-34(30)40)23-24-35(31)41-36-22-12-9-19-32(36)39-37(41)42-38;1-28(2)21-17-18(30-23-12-6-3-9-19(23)20-10-4-7-13-24(20)30)15-16-25(21)31-26-14-8-5-11-22(26)29-27(31)32-28;;;/h1-23H;1-25H;3-17H,1-2H3;3*1H4. The van der Waals surface area contributed by atoms with Crippen LogP contribution in [0, 0.1) is 0 Å². The van der Waals surface area contributed by atoms with Gasteiger partial charge in [-0.1, -0.05) is 277 Å². The third kappa shape index (κ3) is 10.3. The van der Waals surface area contributed by atoms with Gasteiger partial charge in [-0.2, -0.15) is 15.0 Å². The van der Waals surface area contributed by atoms with Crippen molar-refractivity contribution in [1.29, 1.82) is 0 Å². The number of para-hydroxylation sites is 12. The lowest BCUT2D eigenvalue weighted by molar-refractivity contribution is 0.0847. The second-order valence-electron chi connectivity index (χ2n) is 30.9. The SMILES string of the molecule is C.C.C.CC1(C)Oc2nc3ccccc3n2-c2ccc(-n3c4ccccc4c4ccccc43)cc21.c1ccc(C2(c3ccccc3)Oc3nc4ccccc4n3-c3ccc(-n4c5ccccc5c5ccccc54)cc32)cc1.c1ccc2c(c1)-c1ccccc1C21Oc2nc3ccccc3n2-c2ccc(-n3c4ccccc4c4ccccc43)cc21. The van der Waals surface area contributed by atoms with Crippen LogP contribution in [0.15, 0.2) is 382 Å². The Labute approximate surface area is 688 Å². The summed E-state index contributed by atoms with van der Waals surface area (Å²) in [5, 5.41) is 7.50. The molecule has 0 amide bonds. The molecule has 0 N–H and O–H groups in total. The third-order valence-electron chi connectivity index (χ3n) is 24.3. The predicted octanol–water partition coefficient (Wildman–Crippen LogP) is 26.3. The summed E-state index contributed by atoms with van der Waals surface area (Å²) in [6.07, 6.45) is 0. The molecule has 12 heteroatoms. The van der Waals surface area contributed by atoms with Crippen LogP contribution in [-0.2, 0) is 16.8 Å². The van der Waals surface area contributed by atoms with Gasteiger partial charge in [0.25, 0.3) is 0 Å². The van der Waals surface area contributed by atoms with E-state index < -0.39 is 16.8 Å². The van der Waals surface area contributed by atoms with Crippen LogP contribution >= 0.6 is 0 Å². The van der Waals surface area contributed by atoms with Gasteiger partial charge in [-0.05, 0) is 152 Å². The lowest BCUT2D eigenvalue weighted by atomic mass is 9.78. The minimum Gasteiger partial charge on any atom is -0.453 e. The zero-order valence-electron chi connectivity index (χ0n) is 63.1. The van der Waals surface area contributed by atoms with E-state index in [4.69, 9.17) is 29.2 Å². The molecule has 0 saturated carbocycles. The lowest BCUT2D eigenvalue weighted by Gasteiger charge is -2.40. The third-order valence-corrected chi connectivity index (χ3v) is 24.3. The van der Waals surface area contributed by atoms with E-state index in [0.717, 1.165) is 106 Å². The number of nitrogens with zero attached hydrogens (tertiary/aromatic N) is 9. The molecule has 0 saturated heterocycles. The Bertz CT molecular complexity index is 7340. The molecule has 572 valence electrons. The fraction of sp³-hybridized carbons (Fsp3) is 0.0748. The molecule has 0 atom stereocenters. The number of aromatic nitrogens is 9. The van der Waals surface area contributed by atoms with Crippen LogP contribution in [0.25, 0.3) is 144 Å². The molecule has 16 aromatic carbocycles. The van der Waals surface area contributed by atoms with Gasteiger partial charge in [0, 0.05) is 88.3 Å². The van der Waals surface area contributed by atoms with Gasteiger partial charge in [0.2, 0.25) is 0 Å². The first-order valence-corrected chi connectivity index (χ1v) is 39.5. The highest BCUT2D eigenvalue weighted by Gasteiger charge is 2.52. The Morgan fingerprint density at radius 3 is 0.832 bits per heavy atom. The number of imidazole rings is 3. The van der Waals surface area contributed by atoms with E-state index in [2.05, 4.69) is 387 Å². The molecule has 22 aromatic rings. The van der Waals surface area contributed by atoms with E-state index >= 15 is 0 Å². The highest BCUT2D eigenvalue weighted by molar-refractivity contribution is 6.11. The topological polar surface area (TPSA) is 95.9 Å². The smallest absolute Gasteiger partial charge is 0.303 e. The normalized spacial score (nSPS) is 13.7. The van der Waals surface area contributed by atoms with Gasteiger partial charge in [-0.15, -0.1) is 0 Å². The summed E-state index contributed by atoms with van der Waals surface area (Å²) in [4.78, 5) is 14.7. The Morgan fingerprint density at radius 1 is 0.218 bits per heavy atom. The van der Waals surface area contributed by atoms with Gasteiger partial charge in [-0.3, -0.25) is 13.7 Å². The van der Waals surface area contributed by atoms with Crippen molar-refractivity contribution in [2.24, 2.45) is 0 Å². The summed E-state index contributed by atoms with van der Waals surface area (Å²) in [5.41, 5.74) is 27.4. The van der Waals surface area contributed by atoms with Gasteiger partial charge in [0.1, 0.15) is 5.60 Å². The zero-order valence-corrected chi connectivity index (χ0v) is 63.1. The molecule has 12 nitrogen and oxygen atoms in total. The minimum absolute atomic E-state index is 0. The number of hydrogen-bond donors (Lipinski definition) is 0. The zero-order chi connectivity index (χ0) is 76.5. The second-order valence-corrected chi connectivity index (χ2v) is 30.9. The van der Waals surface area contributed by atoms with Crippen molar-refractivity contribution in [2.45, 2.75) is 52.9 Å². The molecule has 9 heterocycles. The molecule has 0 unspecified atom stereocenters. The average molecular weight is 1540 g/mol. The van der Waals surface area contributed by atoms with Gasteiger partial charge in [-0.25, -0.2) is 0 Å². The first-order chi connectivity index (χ1) is 57.3. The number of rotatable bonds is 5. The Morgan fingerprint density at radius 2 is 0.479 bits per heavy atom. The van der Waals surface area contributed by atoms with Gasteiger partial charge in [0.05, 0.1) is 83.3 Å². The van der Waals surface area contributed by atoms with Crippen molar-refractivity contribution in [1.82, 2.24) is 42.4 Å². The summed E-state index contributed by atoms with van der Waals surface area (Å²) in [6.45, 7) is 4.23. The van der Waals surface area contributed by atoms with Crippen molar-refractivity contribution in [3.8, 4) is 63.3 Å². The van der Waals surface area contributed by atoms with Crippen LogP contribution < -0.4 is 14.2 Å². The van der Waals surface area contributed by atoms with E-state index in [-0.39, 0.29) is 22.3 Å². The highest BCUT2D eigenvalue weighted by Crippen LogP contribution is 2.58. The molecular weight excluding hydrogens is 1460 g/mol. The van der Waals surface area contributed by atoms with Crippen LogP contribution in [-0.4, -0.2) is 42.4 Å². The fourth-order valence-electron chi connectivity index (χ4n) is 19.3. The van der Waals surface area contributed by atoms with Crippen molar-refractivity contribution in [2.75, 3.05) is 0 Å². The lowest BCUT2D eigenvalue weighted by Crippen LogP contribution is -2.40. The largest absolute Gasteiger partial charge is 0.453 e. The summed E-state index contributed by atoms with van der Waals surface area (Å²) in [6, 6.07) is 137. The van der Waals surface area contributed by atoms with Gasteiger partial charge >= 0.3 is 18.0 Å². The maximum atomic E-state index is 7.23. The van der Waals surface area contributed by atoms with Crippen LogP contribution in [0.5, 0.6) is 18.0 Å². The molecule has 0 radical (unpaired) electrons. The highest BCUT2D eigenvalue weighted by atomic mass is 16.5. The van der Waals surface area contributed by atoms with Gasteiger partial charge in [0.15, 0.2) is 11.2 Å². The summed E-state index contributed by atoms with van der Waals surface area (Å²) >= 11 is 0. The van der Waals surface area contributed by atoms with Crippen molar-refractivity contribution >= 4 is 98.5 Å². The molecule has 1 spiro atoms. The second kappa shape index (κ2) is 27.2. The molecule has 119 heavy (non-hydrogen) atoms. The maximum absolute atomic E-state index is 7.23. The molecule has 4 aliphatic rings. The number of fused-ring (bicyclic) bond motifs is 30. The molecule has 1 aliphatic carbocycles. The first-order valence-electron chi connectivity index (χ1n) is 39.5. The van der Waals surface area contributed by atoms with E-state index in [9.17, 15) is 0 Å². The van der Waals surface area contributed by atoms with Gasteiger partial charge < -0.3 is 27.9 Å². The van der Waals surface area contributed by atoms with E-state index in [0.29, 0.717) is 18.0 Å². The Balaban J connectivity index is 0.000000110. The van der Waals surface area contributed by atoms with Crippen LogP contribution in [0.2, 0.25) is 0 Å². The predicted molar refractivity (Wildman–Crippen MR) is 486 cm³/mol. The summed E-state index contributed by atoms with van der Waals surface area (Å²) in [5.74, 6) is 0. The average Bonchev–Trinajstić information content (AvgIpc) is 1.54. The molecule has 3 aliphatic heterocycles.